The number of sulfonamides is 1. The van der Waals surface area contributed by atoms with Crippen molar-refractivity contribution in [3.05, 3.63) is 29.6 Å². The number of hydrogen-bond donors (Lipinski definition) is 2. The minimum Gasteiger partial charge on any atom is -0.395 e. The minimum atomic E-state index is -3.93. The van der Waals surface area contributed by atoms with Crippen LogP contribution in [0.1, 0.15) is 5.56 Å². The third-order valence-corrected chi connectivity index (χ3v) is 4.43. The zero-order chi connectivity index (χ0) is 13.9. The average Bonchev–Trinajstić information content (AvgIpc) is 2.28. The molecule has 0 fully saturated rings. The zero-order valence-electron chi connectivity index (χ0n) is 9.63. The van der Waals surface area contributed by atoms with Gasteiger partial charge in [-0.15, -0.1) is 0 Å². The fraction of sp³-hybridized carbons (Fsp3) is 0.300. The molecule has 0 radical (unpaired) electrons. The van der Waals surface area contributed by atoms with Crippen molar-refractivity contribution in [3.63, 3.8) is 0 Å². The van der Waals surface area contributed by atoms with Gasteiger partial charge in [-0.2, -0.15) is 4.31 Å². The third kappa shape index (κ3) is 2.83. The second kappa shape index (κ2) is 5.70. The SMILES string of the molecule is CN(CCO)S(=O)(=O)c1cccc(F)c1C(N)=S. The van der Waals surface area contributed by atoms with Gasteiger partial charge in [0.2, 0.25) is 10.0 Å². The molecule has 5 nitrogen and oxygen atoms in total. The van der Waals surface area contributed by atoms with Gasteiger partial charge < -0.3 is 10.8 Å². The second-order valence-electron chi connectivity index (χ2n) is 3.53. The summed E-state index contributed by atoms with van der Waals surface area (Å²) in [5.41, 5.74) is 5.04. The summed E-state index contributed by atoms with van der Waals surface area (Å²) >= 11 is 4.66. The van der Waals surface area contributed by atoms with Crippen molar-refractivity contribution >= 4 is 27.2 Å². The van der Waals surface area contributed by atoms with Gasteiger partial charge in [-0.25, -0.2) is 12.8 Å². The molecule has 0 aliphatic rings. The highest BCUT2D eigenvalue weighted by molar-refractivity contribution is 7.89. The summed E-state index contributed by atoms with van der Waals surface area (Å²) in [5.74, 6) is -0.791. The number of aliphatic hydroxyl groups is 1. The molecule has 0 atom stereocenters. The highest BCUT2D eigenvalue weighted by Crippen LogP contribution is 2.21. The van der Waals surface area contributed by atoms with Crippen molar-refractivity contribution in [1.82, 2.24) is 4.31 Å². The Morgan fingerprint density at radius 1 is 1.56 bits per heavy atom. The molecule has 0 saturated carbocycles. The fourth-order valence-electron chi connectivity index (χ4n) is 1.39. The van der Waals surface area contributed by atoms with Crippen molar-refractivity contribution in [2.45, 2.75) is 4.90 Å². The number of nitrogens with zero attached hydrogens (tertiary/aromatic N) is 1. The molecule has 1 aromatic rings. The summed E-state index contributed by atoms with van der Waals surface area (Å²) in [7, 11) is -2.66. The third-order valence-electron chi connectivity index (χ3n) is 2.32. The van der Waals surface area contributed by atoms with E-state index in [1.54, 1.807) is 0 Å². The van der Waals surface area contributed by atoms with Gasteiger partial charge in [-0.05, 0) is 12.1 Å². The minimum absolute atomic E-state index is 0.102. The Bertz CT molecular complexity index is 560. The number of rotatable bonds is 5. The van der Waals surface area contributed by atoms with Crippen LogP contribution < -0.4 is 5.73 Å². The molecule has 0 bridgehead atoms. The predicted octanol–water partition coefficient (Wildman–Crippen LogP) is 0.0727. The van der Waals surface area contributed by atoms with Gasteiger partial charge in [-0.1, -0.05) is 18.3 Å². The van der Waals surface area contributed by atoms with E-state index in [1.165, 1.54) is 19.2 Å². The van der Waals surface area contributed by atoms with E-state index >= 15 is 0 Å². The lowest BCUT2D eigenvalue weighted by Crippen LogP contribution is -2.31. The Balaban J connectivity index is 3.42. The van der Waals surface area contributed by atoms with E-state index in [0.29, 0.717) is 0 Å². The molecule has 18 heavy (non-hydrogen) atoms. The molecular formula is C10H13FN2O3S2. The van der Waals surface area contributed by atoms with Crippen LogP contribution in [0.4, 0.5) is 4.39 Å². The van der Waals surface area contributed by atoms with Crippen molar-refractivity contribution in [1.29, 1.82) is 0 Å². The molecule has 0 unspecified atom stereocenters. The molecule has 0 amide bonds. The highest BCUT2D eigenvalue weighted by Gasteiger charge is 2.26. The molecule has 3 N–H and O–H groups in total. The molecule has 0 saturated heterocycles. The fourth-order valence-corrected chi connectivity index (χ4v) is 3.03. The van der Waals surface area contributed by atoms with Crippen LogP contribution in [0.25, 0.3) is 0 Å². The van der Waals surface area contributed by atoms with Gasteiger partial charge >= 0.3 is 0 Å². The maximum Gasteiger partial charge on any atom is 0.243 e. The number of halogens is 1. The summed E-state index contributed by atoms with van der Waals surface area (Å²) in [6, 6.07) is 3.57. The Labute approximate surface area is 110 Å². The molecule has 1 rings (SSSR count). The van der Waals surface area contributed by atoms with E-state index in [0.717, 1.165) is 10.4 Å². The summed E-state index contributed by atoms with van der Waals surface area (Å²) < 4.78 is 38.8. The standard InChI is InChI=1S/C10H13FN2O3S2/c1-13(5-6-14)18(15,16)8-4-2-3-7(11)9(8)10(12)17/h2-4,14H,5-6H2,1H3,(H2,12,17). The highest BCUT2D eigenvalue weighted by atomic mass is 32.2. The first-order valence-electron chi connectivity index (χ1n) is 4.98. The van der Waals surface area contributed by atoms with Crippen molar-refractivity contribution in [2.75, 3.05) is 20.2 Å². The zero-order valence-corrected chi connectivity index (χ0v) is 11.3. The molecule has 8 heteroatoms. The Morgan fingerprint density at radius 3 is 2.67 bits per heavy atom. The van der Waals surface area contributed by atoms with Gasteiger partial charge in [0.1, 0.15) is 10.8 Å². The quantitative estimate of drug-likeness (QED) is 0.751. The molecular weight excluding hydrogens is 279 g/mol. The molecule has 0 aliphatic heterocycles. The van der Waals surface area contributed by atoms with E-state index in [1.807, 2.05) is 0 Å². The Kier molecular flexibility index (Phi) is 4.74. The Morgan fingerprint density at radius 2 is 2.17 bits per heavy atom. The van der Waals surface area contributed by atoms with Crippen molar-refractivity contribution < 1.29 is 17.9 Å². The lowest BCUT2D eigenvalue weighted by Gasteiger charge is -2.18. The molecule has 0 aliphatic carbocycles. The number of benzene rings is 1. The summed E-state index contributed by atoms with van der Waals surface area (Å²) in [4.78, 5) is -0.630. The van der Waals surface area contributed by atoms with Crippen molar-refractivity contribution in [2.24, 2.45) is 5.73 Å². The van der Waals surface area contributed by atoms with E-state index in [9.17, 15) is 12.8 Å². The van der Waals surface area contributed by atoms with Crippen LogP contribution in [0.3, 0.4) is 0 Å². The van der Waals surface area contributed by atoms with E-state index in [2.05, 4.69) is 12.2 Å². The topological polar surface area (TPSA) is 83.6 Å². The second-order valence-corrected chi connectivity index (χ2v) is 5.98. The molecule has 100 valence electrons. The van der Waals surface area contributed by atoms with Gasteiger partial charge in [0.05, 0.1) is 17.1 Å². The summed E-state index contributed by atoms with van der Waals surface area (Å²) in [5, 5.41) is 8.75. The maximum absolute atomic E-state index is 13.6. The normalized spacial score (nSPS) is 11.8. The number of hydrogen-bond acceptors (Lipinski definition) is 4. The van der Waals surface area contributed by atoms with E-state index in [-0.39, 0.29) is 28.6 Å². The van der Waals surface area contributed by atoms with Gasteiger partial charge in [0, 0.05) is 13.6 Å². The van der Waals surface area contributed by atoms with Gasteiger partial charge in [0.15, 0.2) is 0 Å². The van der Waals surface area contributed by atoms with E-state index in [4.69, 9.17) is 10.8 Å². The van der Waals surface area contributed by atoms with E-state index < -0.39 is 15.8 Å². The number of aliphatic hydroxyl groups excluding tert-OH is 1. The molecule has 0 aromatic heterocycles. The first kappa shape index (κ1) is 15.0. The van der Waals surface area contributed by atoms with Crippen molar-refractivity contribution in [3.8, 4) is 0 Å². The smallest absolute Gasteiger partial charge is 0.243 e. The first-order valence-corrected chi connectivity index (χ1v) is 6.82. The van der Waals surface area contributed by atoms with Gasteiger partial charge in [-0.3, -0.25) is 0 Å². The van der Waals surface area contributed by atoms with Crippen LogP contribution in [-0.2, 0) is 10.0 Å². The predicted molar refractivity (Wildman–Crippen MR) is 69.2 cm³/mol. The molecule has 0 spiro atoms. The monoisotopic (exact) mass is 292 g/mol. The van der Waals surface area contributed by atoms with Crippen LogP contribution in [0.5, 0.6) is 0 Å². The molecule has 1 aromatic carbocycles. The lowest BCUT2D eigenvalue weighted by molar-refractivity contribution is 0.266. The van der Waals surface area contributed by atoms with Gasteiger partial charge in [0.25, 0.3) is 0 Å². The number of likely N-dealkylation sites (N-methyl/N-ethyl adjacent to an activating group) is 1. The largest absolute Gasteiger partial charge is 0.395 e. The number of nitrogens with two attached hydrogens (primary N) is 1. The van der Waals surface area contributed by atoms with Crippen LogP contribution in [-0.4, -0.2) is 43.0 Å². The molecule has 0 heterocycles. The van der Waals surface area contributed by atoms with Crippen LogP contribution in [0, 0.1) is 5.82 Å². The average molecular weight is 292 g/mol. The van der Waals surface area contributed by atoms with Crippen LogP contribution in [0.15, 0.2) is 23.1 Å². The number of thiocarbonyl (C=S) groups is 1. The first-order chi connectivity index (χ1) is 8.32. The Hall–Kier alpha value is -1.09. The lowest BCUT2D eigenvalue weighted by atomic mass is 10.2. The maximum atomic E-state index is 13.6. The summed E-state index contributed by atoms with van der Waals surface area (Å²) in [6.45, 7) is -0.441. The summed E-state index contributed by atoms with van der Waals surface area (Å²) in [6.07, 6.45) is 0. The van der Waals surface area contributed by atoms with Crippen LogP contribution >= 0.6 is 12.2 Å². The van der Waals surface area contributed by atoms with Crippen LogP contribution in [0.2, 0.25) is 0 Å².